The van der Waals surface area contributed by atoms with Gasteiger partial charge in [-0.1, -0.05) is 6.07 Å². The van der Waals surface area contributed by atoms with Crippen LogP contribution >= 0.6 is 11.8 Å². The molecule has 0 atom stereocenters. The van der Waals surface area contributed by atoms with E-state index in [1.54, 1.807) is 30.7 Å². The molecule has 5 rings (SSSR count). The molecule has 4 N–H and O–H groups in total. The van der Waals surface area contributed by atoms with Crippen molar-refractivity contribution in [2.45, 2.75) is 44.3 Å². The second kappa shape index (κ2) is 10.1. The van der Waals surface area contributed by atoms with Gasteiger partial charge in [-0.2, -0.15) is 5.10 Å². The van der Waals surface area contributed by atoms with Gasteiger partial charge < -0.3 is 10.6 Å². The summed E-state index contributed by atoms with van der Waals surface area (Å²) in [6.45, 7) is 0.749. The lowest BCUT2D eigenvalue weighted by atomic mass is 9.91. The molecule has 1 saturated carbocycles. The lowest BCUT2D eigenvalue weighted by Crippen LogP contribution is -2.37. The van der Waals surface area contributed by atoms with Crippen molar-refractivity contribution in [1.29, 1.82) is 0 Å². The van der Waals surface area contributed by atoms with Crippen LogP contribution in [0, 0.1) is 0 Å². The molecule has 4 heterocycles. The minimum absolute atomic E-state index is 0.283. The Morgan fingerprint density at radius 3 is 2.65 bits per heavy atom. The number of imide groups is 1. The summed E-state index contributed by atoms with van der Waals surface area (Å²) in [4.78, 5) is 36.7. The summed E-state index contributed by atoms with van der Waals surface area (Å²) in [7, 11) is 0. The summed E-state index contributed by atoms with van der Waals surface area (Å²) in [5.41, 5.74) is 3.57. The van der Waals surface area contributed by atoms with Crippen molar-refractivity contribution in [3.63, 3.8) is 0 Å². The number of amides is 2. The molecular weight excluding hydrogens is 452 g/mol. The first-order valence-electron chi connectivity index (χ1n) is 11.2. The van der Waals surface area contributed by atoms with Gasteiger partial charge in [0.05, 0.1) is 22.0 Å². The quantitative estimate of drug-likeness (QED) is 0.379. The standard InChI is InChI=1S/C23H24N8O2S/c32-21-19(34-23(33)30-21)12-17-7-10-25-22(29-17)28-16-5-3-15(4-6-16)26-13-14-2-1-9-24-20(14)18-8-11-27-31-18/h1-2,7-12,15-16,26H,3-6,13H2,(H,27,31)(H,25,28,29)(H,30,32,33)/b19-12-. The SMILES string of the molecule is O=C1NC(=O)/C(=C/c2ccnc(NC3CCC(NCc4cccnc4-c4ccn[nH]4)CC3)n2)S1. The number of thioether (sulfide) groups is 1. The van der Waals surface area contributed by atoms with Crippen LogP contribution in [0.5, 0.6) is 0 Å². The molecule has 0 unspecified atom stereocenters. The zero-order valence-electron chi connectivity index (χ0n) is 18.3. The molecule has 2 amide bonds. The average molecular weight is 477 g/mol. The van der Waals surface area contributed by atoms with Crippen molar-refractivity contribution in [2.75, 3.05) is 5.32 Å². The van der Waals surface area contributed by atoms with Gasteiger partial charge in [0.1, 0.15) is 0 Å². The van der Waals surface area contributed by atoms with E-state index in [-0.39, 0.29) is 11.3 Å². The summed E-state index contributed by atoms with van der Waals surface area (Å²) in [5, 5.41) is 16.0. The second-order valence-electron chi connectivity index (χ2n) is 8.21. The second-order valence-corrected chi connectivity index (χ2v) is 9.23. The van der Waals surface area contributed by atoms with E-state index in [9.17, 15) is 9.59 Å². The van der Waals surface area contributed by atoms with E-state index in [0.717, 1.165) is 60.9 Å². The molecule has 0 aromatic carbocycles. The number of rotatable bonds is 7. The molecule has 0 spiro atoms. The minimum atomic E-state index is -0.392. The first-order chi connectivity index (χ1) is 16.6. The summed E-state index contributed by atoms with van der Waals surface area (Å²) < 4.78 is 0. The Hall–Kier alpha value is -3.57. The molecule has 1 aliphatic carbocycles. The van der Waals surface area contributed by atoms with Crippen molar-refractivity contribution in [1.82, 2.24) is 35.8 Å². The number of nitrogens with zero attached hydrogens (tertiary/aromatic N) is 4. The van der Waals surface area contributed by atoms with Gasteiger partial charge in [0.15, 0.2) is 0 Å². The van der Waals surface area contributed by atoms with Crippen molar-refractivity contribution in [3.05, 3.63) is 59.0 Å². The van der Waals surface area contributed by atoms with Gasteiger partial charge in [0.25, 0.3) is 11.1 Å². The fourth-order valence-corrected chi connectivity index (χ4v) is 4.84. The third-order valence-electron chi connectivity index (χ3n) is 5.89. The van der Waals surface area contributed by atoms with Gasteiger partial charge in [-0.15, -0.1) is 0 Å². The largest absolute Gasteiger partial charge is 0.351 e. The van der Waals surface area contributed by atoms with Gasteiger partial charge in [-0.05, 0) is 67.3 Å². The van der Waals surface area contributed by atoms with Crippen LogP contribution in [-0.2, 0) is 11.3 Å². The highest BCUT2D eigenvalue weighted by atomic mass is 32.2. The minimum Gasteiger partial charge on any atom is -0.351 e. The van der Waals surface area contributed by atoms with Crippen molar-refractivity contribution >= 4 is 34.9 Å². The Bertz CT molecular complexity index is 1210. The van der Waals surface area contributed by atoms with E-state index in [4.69, 9.17) is 0 Å². The molecule has 34 heavy (non-hydrogen) atoms. The van der Waals surface area contributed by atoms with Crippen LogP contribution in [0.2, 0.25) is 0 Å². The number of aromatic amines is 1. The molecule has 3 aromatic heterocycles. The lowest BCUT2D eigenvalue weighted by Gasteiger charge is -2.30. The predicted octanol–water partition coefficient (Wildman–Crippen LogP) is 3.10. The number of hydrogen-bond acceptors (Lipinski definition) is 9. The number of H-pyrrole nitrogens is 1. The van der Waals surface area contributed by atoms with Crippen molar-refractivity contribution in [2.24, 2.45) is 0 Å². The van der Waals surface area contributed by atoms with Gasteiger partial charge in [0, 0.05) is 37.2 Å². The zero-order valence-corrected chi connectivity index (χ0v) is 19.1. The van der Waals surface area contributed by atoms with Gasteiger partial charge in [-0.25, -0.2) is 9.97 Å². The fraction of sp³-hybridized carbons (Fsp3) is 0.304. The van der Waals surface area contributed by atoms with Crippen LogP contribution in [0.3, 0.4) is 0 Å². The molecule has 174 valence electrons. The molecule has 2 fully saturated rings. The van der Waals surface area contributed by atoms with E-state index in [0.29, 0.717) is 22.6 Å². The number of pyridine rings is 1. The van der Waals surface area contributed by atoms with Crippen LogP contribution in [0.4, 0.5) is 10.7 Å². The number of carbonyl (C=O) groups is 2. The van der Waals surface area contributed by atoms with E-state index >= 15 is 0 Å². The van der Waals surface area contributed by atoms with E-state index in [1.165, 1.54) is 0 Å². The molecule has 2 aliphatic rings. The maximum atomic E-state index is 11.7. The van der Waals surface area contributed by atoms with E-state index < -0.39 is 5.91 Å². The Morgan fingerprint density at radius 1 is 1.03 bits per heavy atom. The smallest absolute Gasteiger partial charge is 0.290 e. The molecular formula is C23H24N8O2S. The number of hydrogen-bond donors (Lipinski definition) is 4. The number of carbonyl (C=O) groups excluding carboxylic acids is 2. The highest BCUT2D eigenvalue weighted by Gasteiger charge is 2.25. The Kier molecular flexibility index (Phi) is 6.63. The number of aromatic nitrogens is 5. The monoisotopic (exact) mass is 476 g/mol. The van der Waals surface area contributed by atoms with Gasteiger partial charge >= 0.3 is 0 Å². The number of nitrogens with one attached hydrogen (secondary N) is 4. The molecule has 0 radical (unpaired) electrons. The lowest BCUT2D eigenvalue weighted by molar-refractivity contribution is -0.115. The summed E-state index contributed by atoms with van der Waals surface area (Å²) in [6.07, 6.45) is 10.9. The first kappa shape index (κ1) is 22.2. The van der Waals surface area contributed by atoms with Crippen LogP contribution in [0.25, 0.3) is 17.5 Å². The normalized spacial score (nSPS) is 21.6. The Balaban J connectivity index is 1.13. The topological polar surface area (TPSA) is 138 Å². The van der Waals surface area contributed by atoms with Crippen LogP contribution in [0.15, 0.2) is 47.8 Å². The van der Waals surface area contributed by atoms with Crippen LogP contribution in [-0.4, -0.2) is 48.4 Å². The number of anilines is 1. The maximum Gasteiger partial charge on any atom is 0.290 e. The summed E-state index contributed by atoms with van der Waals surface area (Å²) in [6, 6.07) is 8.40. The molecule has 11 heteroatoms. The van der Waals surface area contributed by atoms with E-state index in [1.807, 2.05) is 12.1 Å². The first-order valence-corrected chi connectivity index (χ1v) is 12.0. The molecule has 1 aliphatic heterocycles. The van der Waals surface area contributed by atoms with E-state index in [2.05, 4.69) is 47.2 Å². The third kappa shape index (κ3) is 5.32. The van der Waals surface area contributed by atoms with Crippen LogP contribution in [0.1, 0.15) is 36.9 Å². The Labute approximate surface area is 200 Å². The van der Waals surface area contributed by atoms with Crippen molar-refractivity contribution in [3.8, 4) is 11.4 Å². The van der Waals surface area contributed by atoms with Gasteiger partial charge in [-0.3, -0.25) is 25.0 Å². The highest BCUT2D eigenvalue weighted by molar-refractivity contribution is 8.18. The Morgan fingerprint density at radius 2 is 1.88 bits per heavy atom. The summed E-state index contributed by atoms with van der Waals surface area (Å²) in [5.74, 6) is 0.136. The zero-order chi connectivity index (χ0) is 23.3. The highest BCUT2D eigenvalue weighted by Crippen LogP contribution is 2.26. The molecule has 0 bridgehead atoms. The van der Waals surface area contributed by atoms with Gasteiger partial charge in [0.2, 0.25) is 5.95 Å². The molecule has 3 aromatic rings. The van der Waals surface area contributed by atoms with Crippen LogP contribution < -0.4 is 16.0 Å². The summed E-state index contributed by atoms with van der Waals surface area (Å²) >= 11 is 0.878. The predicted molar refractivity (Wildman–Crippen MR) is 129 cm³/mol. The third-order valence-corrected chi connectivity index (χ3v) is 6.70. The maximum absolute atomic E-state index is 11.7. The molecule has 10 nitrogen and oxygen atoms in total. The fourth-order valence-electron chi connectivity index (χ4n) is 4.17. The average Bonchev–Trinajstić information content (AvgIpc) is 3.49. The molecule has 1 saturated heterocycles. The van der Waals surface area contributed by atoms with Crippen molar-refractivity contribution < 1.29 is 9.59 Å².